The van der Waals surface area contributed by atoms with Gasteiger partial charge in [-0.1, -0.05) is 0 Å². The number of fused-ring (bicyclic) bond motifs is 1. The topological polar surface area (TPSA) is 24.5 Å². The van der Waals surface area contributed by atoms with E-state index in [0.29, 0.717) is 6.04 Å². The number of hydrogen-bond acceptors (Lipinski definition) is 3. The Morgan fingerprint density at radius 2 is 2.29 bits per heavy atom. The molecule has 0 bridgehead atoms. The fraction of sp³-hybridized carbons (Fsp3) is 0.571. The van der Waals surface area contributed by atoms with Crippen LogP contribution >= 0.6 is 0 Å². The van der Waals surface area contributed by atoms with E-state index in [1.54, 1.807) is 7.11 Å². The van der Waals surface area contributed by atoms with Crippen LogP contribution in [0.15, 0.2) is 18.2 Å². The van der Waals surface area contributed by atoms with E-state index in [9.17, 15) is 0 Å². The van der Waals surface area contributed by atoms with Crippen molar-refractivity contribution in [2.24, 2.45) is 0 Å². The van der Waals surface area contributed by atoms with Crippen LogP contribution in [0.4, 0.5) is 5.69 Å². The van der Waals surface area contributed by atoms with E-state index < -0.39 is 0 Å². The van der Waals surface area contributed by atoms with Gasteiger partial charge in [-0.3, -0.25) is 0 Å². The Morgan fingerprint density at radius 3 is 3.00 bits per heavy atom. The van der Waals surface area contributed by atoms with Crippen molar-refractivity contribution in [3.8, 4) is 5.75 Å². The summed E-state index contributed by atoms with van der Waals surface area (Å²) in [7, 11) is 5.94. The third-order valence-corrected chi connectivity index (χ3v) is 3.63. The van der Waals surface area contributed by atoms with Crippen LogP contribution in [0.2, 0.25) is 0 Å². The molecule has 0 aromatic heterocycles. The molecule has 1 aliphatic heterocycles. The highest BCUT2D eigenvalue weighted by Gasteiger charge is 2.25. The number of hydrogen-bond donors (Lipinski definition) is 1. The van der Waals surface area contributed by atoms with E-state index in [-0.39, 0.29) is 0 Å². The van der Waals surface area contributed by atoms with Crippen LogP contribution in [0.3, 0.4) is 0 Å². The number of rotatable bonds is 5. The maximum Gasteiger partial charge on any atom is 0.119 e. The summed E-state index contributed by atoms with van der Waals surface area (Å²) in [6, 6.07) is 7.03. The Morgan fingerprint density at radius 1 is 1.47 bits per heavy atom. The van der Waals surface area contributed by atoms with Crippen LogP contribution < -0.4 is 15.0 Å². The number of anilines is 1. The fourth-order valence-electron chi connectivity index (χ4n) is 2.59. The Balaban J connectivity index is 2.04. The molecule has 0 fully saturated rings. The van der Waals surface area contributed by atoms with E-state index >= 15 is 0 Å². The molecule has 1 atom stereocenters. The minimum atomic E-state index is 0.644. The van der Waals surface area contributed by atoms with Gasteiger partial charge in [0.25, 0.3) is 0 Å². The molecule has 1 N–H and O–H groups in total. The maximum absolute atomic E-state index is 5.28. The monoisotopic (exact) mass is 234 g/mol. The van der Waals surface area contributed by atoms with Crippen LogP contribution in [0.1, 0.15) is 18.4 Å². The normalized spacial score (nSPS) is 18.3. The zero-order valence-electron chi connectivity index (χ0n) is 11.0. The Hall–Kier alpha value is -1.22. The van der Waals surface area contributed by atoms with Crippen molar-refractivity contribution in [1.82, 2.24) is 5.32 Å². The Labute approximate surface area is 104 Å². The molecule has 0 saturated carbocycles. The summed E-state index contributed by atoms with van der Waals surface area (Å²) in [6.07, 6.45) is 3.62. The van der Waals surface area contributed by atoms with Gasteiger partial charge in [0.2, 0.25) is 0 Å². The summed E-state index contributed by atoms with van der Waals surface area (Å²) in [5.41, 5.74) is 2.78. The predicted octanol–water partition coefficient (Wildman–Crippen LogP) is 2.06. The third kappa shape index (κ3) is 2.55. The van der Waals surface area contributed by atoms with Crippen LogP contribution in [0, 0.1) is 0 Å². The summed E-state index contributed by atoms with van der Waals surface area (Å²) in [5.74, 6) is 0.966. The van der Waals surface area contributed by atoms with Gasteiger partial charge < -0.3 is 15.0 Å². The summed E-state index contributed by atoms with van der Waals surface area (Å²) < 4.78 is 5.28. The largest absolute Gasteiger partial charge is 0.497 e. The van der Waals surface area contributed by atoms with Crippen molar-refractivity contribution in [3.05, 3.63) is 23.8 Å². The molecular formula is C14H22N2O. The van der Waals surface area contributed by atoms with Gasteiger partial charge in [0.05, 0.1) is 7.11 Å². The van der Waals surface area contributed by atoms with E-state index in [4.69, 9.17) is 4.74 Å². The van der Waals surface area contributed by atoms with Gasteiger partial charge in [0.1, 0.15) is 5.75 Å². The quantitative estimate of drug-likeness (QED) is 0.789. The zero-order chi connectivity index (χ0) is 12.3. The number of ether oxygens (including phenoxy) is 1. The van der Waals surface area contributed by atoms with Crippen molar-refractivity contribution >= 4 is 5.69 Å². The van der Waals surface area contributed by atoms with Crippen molar-refractivity contribution in [1.29, 1.82) is 0 Å². The summed E-state index contributed by atoms with van der Waals surface area (Å²) >= 11 is 0. The number of methoxy groups -OCH3 is 1. The molecule has 0 aliphatic carbocycles. The molecule has 2 rings (SSSR count). The first-order chi connectivity index (χ1) is 8.26. The van der Waals surface area contributed by atoms with Crippen LogP contribution in [-0.4, -0.2) is 33.8 Å². The summed E-state index contributed by atoms with van der Waals surface area (Å²) in [6.45, 7) is 1.10. The molecule has 1 unspecified atom stereocenters. The third-order valence-electron chi connectivity index (χ3n) is 3.63. The highest BCUT2D eigenvalue weighted by atomic mass is 16.5. The molecule has 0 saturated heterocycles. The first-order valence-corrected chi connectivity index (χ1v) is 6.30. The van der Waals surface area contributed by atoms with Crippen molar-refractivity contribution in [2.75, 3.05) is 32.6 Å². The van der Waals surface area contributed by atoms with Gasteiger partial charge in [-0.15, -0.1) is 0 Å². The fourth-order valence-corrected chi connectivity index (χ4v) is 2.59. The highest BCUT2D eigenvalue weighted by molar-refractivity contribution is 5.61. The van der Waals surface area contributed by atoms with Crippen molar-refractivity contribution in [3.63, 3.8) is 0 Å². The second kappa shape index (κ2) is 5.41. The van der Waals surface area contributed by atoms with Gasteiger partial charge in [-0.25, -0.2) is 0 Å². The summed E-state index contributed by atoms with van der Waals surface area (Å²) in [4.78, 5) is 2.41. The van der Waals surface area contributed by atoms with E-state index in [0.717, 1.165) is 18.7 Å². The lowest BCUT2D eigenvalue weighted by atomic mass is 10.1. The standard InChI is InChI=1S/C14H22N2O/c1-15-8-4-5-12-9-11-10-13(17-3)6-7-14(11)16(12)2/h6-7,10,12,15H,4-5,8-9H2,1-3H3. The number of nitrogens with one attached hydrogen (secondary N) is 1. The van der Waals surface area contributed by atoms with Crippen LogP contribution in [0.5, 0.6) is 5.75 Å². The minimum absolute atomic E-state index is 0.644. The van der Waals surface area contributed by atoms with Crippen LogP contribution in [-0.2, 0) is 6.42 Å². The molecule has 1 aromatic carbocycles. The van der Waals surface area contributed by atoms with E-state index in [1.165, 1.54) is 24.1 Å². The number of nitrogens with zero attached hydrogens (tertiary/aromatic N) is 1. The highest BCUT2D eigenvalue weighted by Crippen LogP contribution is 2.34. The average molecular weight is 234 g/mol. The molecule has 1 aliphatic rings. The lowest BCUT2D eigenvalue weighted by Gasteiger charge is -2.22. The Bertz CT molecular complexity index is 378. The van der Waals surface area contributed by atoms with Gasteiger partial charge >= 0.3 is 0 Å². The molecule has 0 radical (unpaired) electrons. The van der Waals surface area contributed by atoms with E-state index in [1.807, 2.05) is 13.1 Å². The van der Waals surface area contributed by atoms with E-state index in [2.05, 4.69) is 29.4 Å². The molecule has 0 spiro atoms. The van der Waals surface area contributed by atoms with Crippen molar-refractivity contribution < 1.29 is 4.74 Å². The number of benzene rings is 1. The molecule has 17 heavy (non-hydrogen) atoms. The van der Waals surface area contributed by atoms with Crippen molar-refractivity contribution in [2.45, 2.75) is 25.3 Å². The maximum atomic E-state index is 5.28. The van der Waals surface area contributed by atoms with Crippen LogP contribution in [0.25, 0.3) is 0 Å². The second-order valence-corrected chi connectivity index (χ2v) is 4.71. The van der Waals surface area contributed by atoms with Gasteiger partial charge in [-0.2, -0.15) is 0 Å². The molecular weight excluding hydrogens is 212 g/mol. The van der Waals surface area contributed by atoms with Gasteiger partial charge in [0, 0.05) is 18.8 Å². The van der Waals surface area contributed by atoms with Gasteiger partial charge in [0.15, 0.2) is 0 Å². The average Bonchev–Trinajstić information content (AvgIpc) is 2.66. The van der Waals surface area contributed by atoms with Gasteiger partial charge in [-0.05, 0) is 56.6 Å². The molecule has 0 amide bonds. The SMILES string of the molecule is CNCCCC1Cc2cc(OC)ccc2N1C. The first-order valence-electron chi connectivity index (χ1n) is 6.30. The molecule has 3 heteroatoms. The zero-order valence-corrected chi connectivity index (χ0v) is 11.0. The minimum Gasteiger partial charge on any atom is -0.497 e. The molecule has 3 nitrogen and oxygen atoms in total. The molecule has 94 valence electrons. The molecule has 1 aromatic rings. The Kier molecular flexibility index (Phi) is 3.89. The second-order valence-electron chi connectivity index (χ2n) is 4.71. The molecule has 1 heterocycles. The lowest BCUT2D eigenvalue weighted by Crippen LogP contribution is -2.28. The lowest BCUT2D eigenvalue weighted by molar-refractivity contribution is 0.414. The smallest absolute Gasteiger partial charge is 0.119 e. The predicted molar refractivity (Wildman–Crippen MR) is 72.0 cm³/mol. The number of likely N-dealkylation sites (N-methyl/N-ethyl adjacent to an activating group) is 1. The summed E-state index contributed by atoms with van der Waals surface area (Å²) in [5, 5.41) is 3.21. The first kappa shape index (κ1) is 12.2.